The molecule has 1 rings (SSSR count). The van der Waals surface area contributed by atoms with Crippen molar-refractivity contribution in [3.63, 3.8) is 0 Å². The third-order valence-corrected chi connectivity index (χ3v) is 3.06. The molecule has 0 spiro atoms. The van der Waals surface area contributed by atoms with Crippen LogP contribution in [0.1, 0.15) is 26.7 Å². The third kappa shape index (κ3) is 4.93. The van der Waals surface area contributed by atoms with E-state index in [2.05, 4.69) is 12.2 Å². The predicted molar refractivity (Wildman–Crippen MR) is 58.5 cm³/mol. The van der Waals surface area contributed by atoms with E-state index in [0.717, 1.165) is 12.8 Å². The lowest BCUT2D eigenvalue weighted by atomic mass is 9.93. The lowest BCUT2D eigenvalue weighted by Gasteiger charge is -2.36. The lowest BCUT2D eigenvalue weighted by molar-refractivity contribution is -0.137. The molecular formula is C11H19F3N2O. The van der Waals surface area contributed by atoms with Crippen molar-refractivity contribution >= 4 is 5.91 Å². The van der Waals surface area contributed by atoms with E-state index in [0.29, 0.717) is 12.5 Å². The molecule has 0 bridgehead atoms. The van der Waals surface area contributed by atoms with Gasteiger partial charge in [-0.1, -0.05) is 6.92 Å². The number of nitrogens with one attached hydrogen (secondary N) is 1. The first kappa shape index (κ1) is 14.3. The number of hydrogen-bond acceptors (Lipinski definition) is 2. The van der Waals surface area contributed by atoms with Crippen molar-refractivity contribution in [2.24, 2.45) is 5.92 Å². The molecule has 0 aliphatic carbocycles. The fourth-order valence-corrected chi connectivity index (χ4v) is 2.19. The van der Waals surface area contributed by atoms with Gasteiger partial charge in [-0.05, 0) is 25.7 Å². The van der Waals surface area contributed by atoms with Crippen molar-refractivity contribution in [2.45, 2.75) is 38.9 Å². The third-order valence-electron chi connectivity index (χ3n) is 3.06. The Bertz CT molecular complexity index is 268. The van der Waals surface area contributed by atoms with Crippen LogP contribution < -0.4 is 5.32 Å². The highest BCUT2D eigenvalue weighted by molar-refractivity contribution is 5.78. The van der Waals surface area contributed by atoms with E-state index >= 15 is 0 Å². The normalized spacial score (nSPS) is 26.1. The van der Waals surface area contributed by atoms with Gasteiger partial charge in [-0.3, -0.25) is 4.79 Å². The molecule has 3 nitrogen and oxygen atoms in total. The summed E-state index contributed by atoms with van der Waals surface area (Å²) in [7, 11) is 0. The monoisotopic (exact) mass is 252 g/mol. The first-order valence-corrected chi connectivity index (χ1v) is 5.86. The van der Waals surface area contributed by atoms with Gasteiger partial charge in [0.05, 0.1) is 13.1 Å². The number of carbonyl (C=O) groups excluding carboxylic acids is 1. The molecule has 2 atom stereocenters. The summed E-state index contributed by atoms with van der Waals surface area (Å²) in [4.78, 5) is 13.4. The number of likely N-dealkylation sites (tertiary alicyclic amines) is 1. The Kier molecular flexibility index (Phi) is 4.80. The Labute approximate surface area is 99.4 Å². The summed E-state index contributed by atoms with van der Waals surface area (Å²) in [5.41, 5.74) is 0. The molecule has 1 aliphatic heterocycles. The van der Waals surface area contributed by atoms with Crippen molar-refractivity contribution in [1.29, 1.82) is 0 Å². The largest absolute Gasteiger partial charge is 0.401 e. The van der Waals surface area contributed by atoms with Crippen LogP contribution in [0.4, 0.5) is 13.2 Å². The molecule has 0 saturated carbocycles. The van der Waals surface area contributed by atoms with Gasteiger partial charge in [-0.25, -0.2) is 0 Å². The van der Waals surface area contributed by atoms with Crippen LogP contribution in [0.15, 0.2) is 0 Å². The highest BCUT2D eigenvalue weighted by Crippen LogP contribution is 2.21. The van der Waals surface area contributed by atoms with Crippen molar-refractivity contribution in [2.75, 3.05) is 19.6 Å². The molecule has 17 heavy (non-hydrogen) atoms. The molecule has 0 aromatic rings. The zero-order valence-electron chi connectivity index (χ0n) is 10.2. The van der Waals surface area contributed by atoms with Crippen molar-refractivity contribution < 1.29 is 18.0 Å². The average molecular weight is 252 g/mol. The molecule has 1 saturated heterocycles. The van der Waals surface area contributed by atoms with E-state index in [1.807, 2.05) is 6.92 Å². The molecule has 1 aliphatic rings. The van der Waals surface area contributed by atoms with Crippen LogP contribution in [0.5, 0.6) is 0 Å². The molecule has 6 heteroatoms. The highest BCUT2D eigenvalue weighted by Gasteiger charge is 2.29. The van der Waals surface area contributed by atoms with Crippen molar-refractivity contribution in [3.8, 4) is 0 Å². The summed E-state index contributed by atoms with van der Waals surface area (Å²) >= 11 is 0. The summed E-state index contributed by atoms with van der Waals surface area (Å²) < 4.78 is 35.7. The Balaban J connectivity index is 2.32. The number of amides is 1. The maximum Gasteiger partial charge on any atom is 0.401 e. The molecule has 100 valence electrons. The van der Waals surface area contributed by atoms with Crippen LogP contribution in [0.25, 0.3) is 0 Å². The number of nitrogens with zero attached hydrogens (tertiary/aromatic N) is 1. The first-order chi connectivity index (χ1) is 7.79. The van der Waals surface area contributed by atoms with Crippen LogP contribution in [-0.2, 0) is 4.79 Å². The second-order valence-electron chi connectivity index (χ2n) is 4.78. The maximum absolute atomic E-state index is 11.9. The van der Waals surface area contributed by atoms with Gasteiger partial charge in [-0.2, -0.15) is 13.2 Å². The fourth-order valence-electron chi connectivity index (χ4n) is 2.19. The van der Waals surface area contributed by atoms with E-state index in [4.69, 9.17) is 0 Å². The van der Waals surface area contributed by atoms with E-state index in [1.165, 1.54) is 0 Å². The predicted octanol–water partition coefficient (Wildman–Crippen LogP) is 1.79. The SMILES string of the molecule is CC1CCN(C(=O)CNCC(F)(F)F)C(C)C1. The molecule has 1 amide bonds. The number of carbonyl (C=O) groups is 1. The van der Waals surface area contributed by atoms with Crippen LogP contribution in [-0.4, -0.2) is 42.7 Å². The first-order valence-electron chi connectivity index (χ1n) is 5.86. The summed E-state index contributed by atoms with van der Waals surface area (Å²) in [6.45, 7) is 3.36. The summed E-state index contributed by atoms with van der Waals surface area (Å²) in [6.07, 6.45) is -2.41. The van der Waals surface area contributed by atoms with Gasteiger partial charge >= 0.3 is 6.18 Å². The molecule has 1 heterocycles. The van der Waals surface area contributed by atoms with Gasteiger partial charge in [0.25, 0.3) is 0 Å². The van der Waals surface area contributed by atoms with Gasteiger partial charge in [0.15, 0.2) is 0 Å². The number of piperidine rings is 1. The quantitative estimate of drug-likeness (QED) is 0.830. The molecule has 0 aromatic carbocycles. The number of rotatable bonds is 3. The minimum atomic E-state index is -4.26. The van der Waals surface area contributed by atoms with Gasteiger partial charge < -0.3 is 10.2 Å². The molecule has 0 aromatic heterocycles. The van der Waals surface area contributed by atoms with Crippen LogP contribution >= 0.6 is 0 Å². The van der Waals surface area contributed by atoms with Crippen molar-refractivity contribution in [1.82, 2.24) is 10.2 Å². The molecule has 2 unspecified atom stereocenters. The molecular weight excluding hydrogens is 233 g/mol. The van der Waals surface area contributed by atoms with Crippen LogP contribution in [0.2, 0.25) is 0 Å². The average Bonchev–Trinajstić information content (AvgIpc) is 2.15. The minimum Gasteiger partial charge on any atom is -0.339 e. The highest BCUT2D eigenvalue weighted by atomic mass is 19.4. The second kappa shape index (κ2) is 5.71. The van der Waals surface area contributed by atoms with Gasteiger partial charge in [0, 0.05) is 12.6 Å². The second-order valence-corrected chi connectivity index (χ2v) is 4.78. The zero-order chi connectivity index (χ0) is 13.1. The van der Waals surface area contributed by atoms with E-state index in [-0.39, 0.29) is 18.5 Å². The van der Waals surface area contributed by atoms with Gasteiger partial charge in [0.2, 0.25) is 5.91 Å². The summed E-state index contributed by atoms with van der Waals surface area (Å²) in [5.74, 6) is 0.339. The van der Waals surface area contributed by atoms with Crippen LogP contribution in [0, 0.1) is 5.92 Å². The van der Waals surface area contributed by atoms with Crippen molar-refractivity contribution in [3.05, 3.63) is 0 Å². The number of hydrogen-bond donors (Lipinski definition) is 1. The number of halogens is 3. The maximum atomic E-state index is 11.9. The Morgan fingerprint density at radius 2 is 2.06 bits per heavy atom. The fraction of sp³-hybridized carbons (Fsp3) is 0.909. The zero-order valence-corrected chi connectivity index (χ0v) is 10.2. The minimum absolute atomic E-state index is 0.124. The Morgan fingerprint density at radius 1 is 1.41 bits per heavy atom. The van der Waals surface area contributed by atoms with Gasteiger partial charge in [0.1, 0.15) is 0 Å². The van der Waals surface area contributed by atoms with Gasteiger partial charge in [-0.15, -0.1) is 0 Å². The topological polar surface area (TPSA) is 32.3 Å². The lowest BCUT2D eigenvalue weighted by Crippen LogP contribution is -2.48. The Hall–Kier alpha value is -0.780. The molecule has 0 radical (unpaired) electrons. The Morgan fingerprint density at radius 3 is 2.59 bits per heavy atom. The summed E-state index contributed by atoms with van der Waals surface area (Å²) in [6, 6.07) is 0.124. The van der Waals surface area contributed by atoms with E-state index < -0.39 is 12.7 Å². The summed E-state index contributed by atoms with van der Waals surface area (Å²) in [5, 5.41) is 2.14. The standard InChI is InChI=1S/C11H19F3N2O/c1-8-3-4-16(9(2)5-8)10(17)6-15-7-11(12,13)14/h8-9,15H,3-7H2,1-2H3. The van der Waals surface area contributed by atoms with E-state index in [1.54, 1.807) is 4.90 Å². The molecule has 1 fully saturated rings. The molecule has 1 N–H and O–H groups in total. The van der Waals surface area contributed by atoms with E-state index in [9.17, 15) is 18.0 Å². The van der Waals surface area contributed by atoms with Crippen LogP contribution in [0.3, 0.4) is 0 Å². The number of alkyl halides is 3. The smallest absolute Gasteiger partial charge is 0.339 e.